The molecule has 1 fully saturated rings. The van der Waals surface area contributed by atoms with Crippen LogP contribution in [0.15, 0.2) is 42.5 Å². The van der Waals surface area contributed by atoms with Gasteiger partial charge in [-0.05, 0) is 18.9 Å². The zero-order valence-corrected chi connectivity index (χ0v) is 14.3. The van der Waals surface area contributed by atoms with Crippen LogP contribution in [-0.2, 0) is 14.3 Å². The minimum atomic E-state index is -1.28. The van der Waals surface area contributed by atoms with E-state index in [1.165, 1.54) is 4.90 Å². The minimum absolute atomic E-state index is 0.113. The second-order valence-corrected chi connectivity index (χ2v) is 6.20. The molecule has 0 spiro atoms. The summed E-state index contributed by atoms with van der Waals surface area (Å²) in [5.41, 5.74) is 0.826. The summed E-state index contributed by atoms with van der Waals surface area (Å²) in [6, 6.07) is 6.60. The Morgan fingerprint density at radius 3 is 2.77 bits per heavy atom. The Balaban J connectivity index is 1.95. The first-order valence-electron chi connectivity index (χ1n) is 8.51. The van der Waals surface area contributed by atoms with Gasteiger partial charge in [0.15, 0.2) is 0 Å². The van der Waals surface area contributed by atoms with Crippen molar-refractivity contribution in [2.45, 2.75) is 31.5 Å². The predicted octanol–water partition coefficient (Wildman–Crippen LogP) is 2.33. The molecule has 1 aromatic carbocycles. The maximum Gasteiger partial charge on any atom is 0.411 e. The summed E-state index contributed by atoms with van der Waals surface area (Å²) in [6.45, 7) is 1.91. The zero-order chi connectivity index (χ0) is 18.7. The third kappa shape index (κ3) is 3.26. The van der Waals surface area contributed by atoms with Gasteiger partial charge >= 0.3 is 12.1 Å². The molecule has 0 aromatic heterocycles. The maximum atomic E-state index is 12.4. The van der Waals surface area contributed by atoms with E-state index in [0.29, 0.717) is 0 Å². The third-order valence-electron chi connectivity index (χ3n) is 4.74. The molecule has 0 radical (unpaired) electrons. The fourth-order valence-electron chi connectivity index (χ4n) is 3.56. The summed E-state index contributed by atoms with van der Waals surface area (Å²) >= 11 is 0. The van der Waals surface area contributed by atoms with Crippen LogP contribution in [0.5, 0.6) is 0 Å². The van der Waals surface area contributed by atoms with Crippen molar-refractivity contribution >= 4 is 12.1 Å². The molecule has 1 aliphatic carbocycles. The highest BCUT2D eigenvalue weighted by molar-refractivity contribution is 5.75. The van der Waals surface area contributed by atoms with Crippen LogP contribution in [0.4, 0.5) is 4.79 Å². The monoisotopic (exact) mass is 360 g/mol. The quantitative estimate of drug-likeness (QED) is 0.346. The molecule has 3 rings (SSSR count). The van der Waals surface area contributed by atoms with E-state index >= 15 is 0 Å². The summed E-state index contributed by atoms with van der Waals surface area (Å²) in [7, 11) is 0. The van der Waals surface area contributed by atoms with Gasteiger partial charge in [-0.1, -0.05) is 42.5 Å². The van der Waals surface area contributed by atoms with Gasteiger partial charge in [0.25, 0.3) is 0 Å². The molecule has 2 aliphatic rings. The van der Waals surface area contributed by atoms with E-state index in [2.05, 4.69) is 0 Å². The van der Waals surface area contributed by atoms with Gasteiger partial charge in [-0.15, -0.1) is 0 Å². The van der Waals surface area contributed by atoms with Gasteiger partial charge in [-0.25, -0.2) is 4.79 Å². The first-order chi connectivity index (χ1) is 12.5. The number of rotatable bonds is 5. The standard InChI is InChI=1S/C18H20N2O6/c1-2-25-17(21)13-9-6-10-14(16(13)20(23)24)19-15(11-26-18(19)22)12-7-4-3-5-8-12/h3-8,10,13-16H,2,9,11H2,1H3/t13-,14-,15+,16+/m1/s1. The highest BCUT2D eigenvalue weighted by atomic mass is 16.6. The fraction of sp³-hybridized carbons (Fsp3) is 0.444. The third-order valence-corrected chi connectivity index (χ3v) is 4.74. The second-order valence-electron chi connectivity index (χ2n) is 6.20. The molecule has 1 aromatic rings. The Morgan fingerprint density at radius 1 is 1.38 bits per heavy atom. The molecule has 1 amide bonds. The van der Waals surface area contributed by atoms with Crippen molar-refractivity contribution in [3.05, 3.63) is 58.2 Å². The SMILES string of the molecule is CCOC(=O)[C@@H]1CC=C[C@@H](N2C(=O)OC[C@H]2c2ccccc2)[C@H]1[N+](=O)[O-]. The van der Waals surface area contributed by atoms with Gasteiger partial charge in [0.1, 0.15) is 18.6 Å². The number of benzene rings is 1. The van der Waals surface area contributed by atoms with Gasteiger partial charge < -0.3 is 9.47 Å². The molecule has 0 saturated carbocycles. The van der Waals surface area contributed by atoms with Crippen LogP contribution in [0.3, 0.4) is 0 Å². The van der Waals surface area contributed by atoms with Crippen LogP contribution in [0.1, 0.15) is 24.9 Å². The lowest BCUT2D eigenvalue weighted by Crippen LogP contribution is -2.54. The molecule has 138 valence electrons. The van der Waals surface area contributed by atoms with Crippen LogP contribution >= 0.6 is 0 Å². The van der Waals surface area contributed by atoms with Crippen molar-refractivity contribution < 1.29 is 24.0 Å². The number of hydrogen-bond acceptors (Lipinski definition) is 6. The lowest BCUT2D eigenvalue weighted by Gasteiger charge is -2.34. The Kier molecular flexibility index (Phi) is 5.20. The first kappa shape index (κ1) is 17.9. The number of ether oxygens (including phenoxy) is 2. The number of cyclic esters (lactones) is 1. The maximum absolute atomic E-state index is 12.4. The Labute approximate surface area is 150 Å². The number of esters is 1. The van der Waals surface area contributed by atoms with Crippen LogP contribution < -0.4 is 0 Å². The molecule has 26 heavy (non-hydrogen) atoms. The molecule has 8 heteroatoms. The van der Waals surface area contributed by atoms with Gasteiger partial charge in [-0.2, -0.15) is 0 Å². The highest BCUT2D eigenvalue weighted by Crippen LogP contribution is 2.35. The topological polar surface area (TPSA) is 99.0 Å². The summed E-state index contributed by atoms with van der Waals surface area (Å²) in [5.74, 6) is -1.56. The van der Waals surface area contributed by atoms with E-state index in [0.717, 1.165) is 5.56 Å². The van der Waals surface area contributed by atoms with E-state index < -0.39 is 41.0 Å². The average Bonchev–Trinajstić information content (AvgIpc) is 3.03. The van der Waals surface area contributed by atoms with E-state index in [1.807, 2.05) is 30.3 Å². The smallest absolute Gasteiger partial charge is 0.411 e. The van der Waals surface area contributed by atoms with Crippen molar-refractivity contribution in [1.29, 1.82) is 0 Å². The van der Waals surface area contributed by atoms with Crippen molar-refractivity contribution in [2.75, 3.05) is 13.2 Å². The van der Waals surface area contributed by atoms with Gasteiger partial charge in [0.05, 0.1) is 12.6 Å². The Bertz CT molecular complexity index is 720. The molecular weight excluding hydrogens is 340 g/mol. The van der Waals surface area contributed by atoms with Crippen molar-refractivity contribution in [2.24, 2.45) is 5.92 Å². The first-order valence-corrected chi connectivity index (χ1v) is 8.51. The molecule has 0 bridgehead atoms. The predicted molar refractivity (Wildman–Crippen MR) is 90.8 cm³/mol. The van der Waals surface area contributed by atoms with Crippen molar-refractivity contribution in [3.63, 3.8) is 0 Å². The summed E-state index contributed by atoms with van der Waals surface area (Å²) in [6.07, 6.45) is 2.90. The van der Waals surface area contributed by atoms with Gasteiger partial charge in [0, 0.05) is 4.92 Å². The zero-order valence-electron chi connectivity index (χ0n) is 14.3. The number of carbonyl (C=O) groups is 2. The highest BCUT2D eigenvalue weighted by Gasteiger charge is 2.52. The van der Waals surface area contributed by atoms with Crippen LogP contribution in [0.25, 0.3) is 0 Å². The number of carbonyl (C=O) groups excluding carboxylic acids is 2. The number of nitro groups is 1. The van der Waals surface area contributed by atoms with Gasteiger partial charge in [0.2, 0.25) is 6.04 Å². The molecule has 1 aliphatic heterocycles. The molecular formula is C18H20N2O6. The average molecular weight is 360 g/mol. The van der Waals surface area contributed by atoms with Crippen molar-refractivity contribution in [1.82, 2.24) is 4.90 Å². The van der Waals surface area contributed by atoms with E-state index in [9.17, 15) is 19.7 Å². The Morgan fingerprint density at radius 2 is 2.12 bits per heavy atom. The number of nitrogens with zero attached hydrogens (tertiary/aromatic N) is 2. The van der Waals surface area contributed by atoms with E-state index in [1.54, 1.807) is 19.1 Å². The van der Waals surface area contributed by atoms with Crippen LogP contribution in [0, 0.1) is 16.0 Å². The molecule has 0 N–H and O–H groups in total. The normalized spacial score (nSPS) is 27.9. The second kappa shape index (κ2) is 7.55. The van der Waals surface area contributed by atoms with Crippen LogP contribution in [-0.4, -0.2) is 47.2 Å². The molecule has 1 saturated heterocycles. The van der Waals surface area contributed by atoms with E-state index in [-0.39, 0.29) is 19.6 Å². The number of allylic oxidation sites excluding steroid dienone is 1. The number of hydrogen-bond donors (Lipinski definition) is 0. The summed E-state index contributed by atoms with van der Waals surface area (Å²) < 4.78 is 10.2. The molecule has 8 nitrogen and oxygen atoms in total. The van der Waals surface area contributed by atoms with Crippen molar-refractivity contribution in [3.8, 4) is 0 Å². The Hall–Kier alpha value is -2.90. The van der Waals surface area contributed by atoms with E-state index in [4.69, 9.17) is 9.47 Å². The molecule has 0 unspecified atom stereocenters. The summed E-state index contributed by atoms with van der Waals surface area (Å²) in [4.78, 5) is 37.2. The minimum Gasteiger partial charge on any atom is -0.466 e. The largest absolute Gasteiger partial charge is 0.466 e. The van der Waals surface area contributed by atoms with Gasteiger partial charge in [-0.3, -0.25) is 19.8 Å². The van der Waals surface area contributed by atoms with Crippen LogP contribution in [0.2, 0.25) is 0 Å². The fourth-order valence-corrected chi connectivity index (χ4v) is 3.56. The molecule has 4 atom stereocenters. The summed E-state index contributed by atoms with van der Waals surface area (Å²) in [5, 5.41) is 11.8. The number of amides is 1. The lowest BCUT2D eigenvalue weighted by molar-refractivity contribution is -0.535. The molecule has 1 heterocycles. The lowest BCUT2D eigenvalue weighted by atomic mass is 9.84.